The SMILES string of the molecule is CC(=O)N(CCNCC(O)COc1cccc2c1CC(=O)N2)S[C@@H]1CCCC[C@H]1O[N+](=O)[O-]. The van der Waals surface area contributed by atoms with Crippen molar-refractivity contribution in [1.82, 2.24) is 9.62 Å². The highest BCUT2D eigenvalue weighted by Gasteiger charge is 2.31. The van der Waals surface area contributed by atoms with Crippen LogP contribution in [0.1, 0.15) is 38.2 Å². The first-order valence-electron chi connectivity index (χ1n) is 11.0. The van der Waals surface area contributed by atoms with Gasteiger partial charge in [0.05, 0.1) is 11.7 Å². The van der Waals surface area contributed by atoms with Crippen LogP contribution in [0.25, 0.3) is 0 Å². The van der Waals surface area contributed by atoms with Gasteiger partial charge in [-0.25, -0.2) is 0 Å². The second-order valence-electron chi connectivity index (χ2n) is 8.09. The minimum atomic E-state index is -0.777. The first-order chi connectivity index (χ1) is 15.8. The van der Waals surface area contributed by atoms with Crippen molar-refractivity contribution in [3.8, 4) is 5.75 Å². The minimum Gasteiger partial charge on any atom is -0.490 e. The topological polar surface area (TPSA) is 143 Å². The maximum absolute atomic E-state index is 12.1. The largest absolute Gasteiger partial charge is 0.490 e. The van der Waals surface area contributed by atoms with Crippen LogP contribution in [0.4, 0.5) is 5.69 Å². The first-order valence-corrected chi connectivity index (χ1v) is 11.9. The molecule has 2 aliphatic rings. The molecule has 12 heteroatoms. The van der Waals surface area contributed by atoms with Gasteiger partial charge in [-0.2, -0.15) is 0 Å². The molecule has 1 aromatic rings. The Bertz CT molecular complexity index is 856. The maximum atomic E-state index is 12.1. The lowest BCUT2D eigenvalue weighted by atomic mass is 9.97. The van der Waals surface area contributed by atoms with E-state index >= 15 is 0 Å². The third-order valence-electron chi connectivity index (χ3n) is 5.52. The van der Waals surface area contributed by atoms with Crippen molar-refractivity contribution < 1.29 is 29.4 Å². The van der Waals surface area contributed by atoms with Gasteiger partial charge >= 0.3 is 0 Å². The van der Waals surface area contributed by atoms with E-state index in [0.717, 1.165) is 30.5 Å². The summed E-state index contributed by atoms with van der Waals surface area (Å²) in [6.45, 7) is 2.61. The second-order valence-corrected chi connectivity index (χ2v) is 9.35. The lowest BCUT2D eigenvalue weighted by molar-refractivity contribution is -0.768. The number of fused-ring (bicyclic) bond motifs is 1. The van der Waals surface area contributed by atoms with Crippen molar-refractivity contribution in [2.24, 2.45) is 0 Å². The van der Waals surface area contributed by atoms with Crippen molar-refractivity contribution in [2.45, 2.75) is 56.5 Å². The van der Waals surface area contributed by atoms with Gasteiger partial charge in [0.1, 0.15) is 24.6 Å². The summed E-state index contributed by atoms with van der Waals surface area (Å²) in [6.07, 6.45) is 2.13. The van der Waals surface area contributed by atoms with E-state index in [1.807, 2.05) is 6.07 Å². The average Bonchev–Trinajstić information content (AvgIpc) is 3.15. The molecule has 3 N–H and O–H groups in total. The molecule has 0 bridgehead atoms. The number of carbonyl (C=O) groups excluding carboxylic acids is 2. The van der Waals surface area contributed by atoms with E-state index in [0.29, 0.717) is 25.3 Å². The summed E-state index contributed by atoms with van der Waals surface area (Å²) in [5.41, 5.74) is 1.52. The van der Waals surface area contributed by atoms with Gasteiger partial charge in [-0.05, 0) is 36.9 Å². The van der Waals surface area contributed by atoms with E-state index in [2.05, 4.69) is 10.6 Å². The van der Waals surface area contributed by atoms with Gasteiger partial charge in [-0.15, -0.1) is 10.1 Å². The standard InChI is InChI=1S/C21H30N4O7S/c1-14(26)24(33-20-8-3-2-6-19(20)32-25(29)30)10-9-22-12-15(27)13-31-18-7-4-5-17-16(18)11-21(28)23-17/h4-5,7,15,19-20,22,27H,2-3,6,8-13H2,1H3,(H,23,28)/t15?,19-,20-/m1/s1. The quantitative estimate of drug-likeness (QED) is 0.175. The van der Waals surface area contributed by atoms with Gasteiger partial charge in [0.15, 0.2) is 0 Å². The van der Waals surface area contributed by atoms with Crippen LogP contribution in [0.5, 0.6) is 5.75 Å². The monoisotopic (exact) mass is 482 g/mol. The summed E-state index contributed by atoms with van der Waals surface area (Å²) in [7, 11) is 0. The molecule has 0 saturated heterocycles. The molecule has 182 valence electrons. The molecule has 1 aliphatic heterocycles. The van der Waals surface area contributed by atoms with E-state index in [1.165, 1.54) is 18.9 Å². The second kappa shape index (κ2) is 12.1. The number of nitrogens with one attached hydrogen (secondary N) is 2. The highest BCUT2D eigenvalue weighted by atomic mass is 32.2. The molecule has 0 radical (unpaired) electrons. The van der Waals surface area contributed by atoms with Crippen molar-refractivity contribution in [2.75, 3.05) is 31.6 Å². The fourth-order valence-electron chi connectivity index (χ4n) is 3.91. The molecule has 3 atom stereocenters. The molecule has 1 heterocycles. The van der Waals surface area contributed by atoms with Crippen LogP contribution in [0.2, 0.25) is 0 Å². The number of hydrogen-bond donors (Lipinski definition) is 3. The van der Waals surface area contributed by atoms with Gasteiger partial charge < -0.3 is 25.3 Å². The Balaban J connectivity index is 1.39. The molecule has 33 heavy (non-hydrogen) atoms. The molecule has 1 saturated carbocycles. The van der Waals surface area contributed by atoms with E-state index in [-0.39, 0.29) is 36.6 Å². The van der Waals surface area contributed by atoms with Gasteiger partial charge in [0.25, 0.3) is 5.09 Å². The normalized spacial score (nSPS) is 20.5. The number of amides is 2. The zero-order valence-electron chi connectivity index (χ0n) is 18.5. The van der Waals surface area contributed by atoms with E-state index in [9.17, 15) is 24.8 Å². The van der Waals surface area contributed by atoms with Crippen molar-refractivity contribution in [3.63, 3.8) is 0 Å². The summed E-state index contributed by atoms with van der Waals surface area (Å²) < 4.78 is 7.28. The Labute approximate surface area is 196 Å². The summed E-state index contributed by atoms with van der Waals surface area (Å²) in [6, 6.07) is 5.36. The predicted molar refractivity (Wildman–Crippen MR) is 122 cm³/mol. The average molecular weight is 483 g/mol. The molecular formula is C21H30N4O7S. The van der Waals surface area contributed by atoms with Crippen LogP contribution in [-0.4, -0.2) is 70.0 Å². The van der Waals surface area contributed by atoms with Gasteiger partial charge in [0.2, 0.25) is 11.8 Å². The Hall–Kier alpha value is -2.57. The molecule has 11 nitrogen and oxygen atoms in total. The number of benzene rings is 1. The van der Waals surface area contributed by atoms with Crippen LogP contribution in [0.15, 0.2) is 18.2 Å². The Kier molecular flexibility index (Phi) is 9.15. The number of aliphatic hydroxyl groups is 1. The molecular weight excluding hydrogens is 452 g/mol. The van der Waals surface area contributed by atoms with Crippen LogP contribution in [0.3, 0.4) is 0 Å². The summed E-state index contributed by atoms with van der Waals surface area (Å²) in [5.74, 6) is 0.348. The number of ether oxygens (including phenoxy) is 1. The summed E-state index contributed by atoms with van der Waals surface area (Å²) in [5, 5.41) is 25.9. The van der Waals surface area contributed by atoms with Crippen LogP contribution >= 0.6 is 11.9 Å². The Morgan fingerprint density at radius 1 is 1.42 bits per heavy atom. The van der Waals surface area contributed by atoms with Gasteiger partial charge in [0, 0.05) is 37.8 Å². The third-order valence-corrected chi connectivity index (χ3v) is 7.03. The molecule has 1 fully saturated rings. The van der Waals surface area contributed by atoms with E-state index < -0.39 is 17.3 Å². The van der Waals surface area contributed by atoms with Crippen molar-refractivity contribution in [1.29, 1.82) is 0 Å². The highest BCUT2D eigenvalue weighted by Crippen LogP contribution is 2.33. The summed E-state index contributed by atoms with van der Waals surface area (Å²) >= 11 is 1.30. The van der Waals surface area contributed by atoms with Crippen molar-refractivity contribution >= 4 is 29.4 Å². The zero-order chi connectivity index (χ0) is 23.8. The smallest absolute Gasteiger partial charge is 0.294 e. The number of carbonyl (C=O) groups is 2. The molecule has 1 aromatic carbocycles. The number of anilines is 1. The highest BCUT2D eigenvalue weighted by molar-refractivity contribution is 7.98. The molecule has 3 rings (SSSR count). The maximum Gasteiger partial charge on any atom is 0.294 e. The van der Waals surface area contributed by atoms with Crippen molar-refractivity contribution in [3.05, 3.63) is 33.9 Å². The van der Waals surface area contributed by atoms with Crippen LogP contribution < -0.4 is 15.4 Å². The van der Waals surface area contributed by atoms with Crippen LogP contribution in [0, 0.1) is 10.1 Å². The van der Waals surface area contributed by atoms with E-state index in [4.69, 9.17) is 9.57 Å². The molecule has 0 spiro atoms. The van der Waals surface area contributed by atoms with Gasteiger partial charge in [-0.3, -0.25) is 13.9 Å². The van der Waals surface area contributed by atoms with Crippen LogP contribution in [-0.2, 0) is 20.8 Å². The molecule has 1 aliphatic carbocycles. The Morgan fingerprint density at radius 3 is 2.97 bits per heavy atom. The number of rotatable bonds is 12. The van der Waals surface area contributed by atoms with E-state index in [1.54, 1.807) is 16.4 Å². The Morgan fingerprint density at radius 2 is 2.21 bits per heavy atom. The fourth-order valence-corrected chi connectivity index (χ4v) is 5.18. The lowest BCUT2D eigenvalue weighted by Gasteiger charge is -2.32. The third kappa shape index (κ3) is 7.47. The predicted octanol–water partition coefficient (Wildman–Crippen LogP) is 1.53. The minimum absolute atomic E-state index is 0.0603. The zero-order valence-corrected chi connectivity index (χ0v) is 19.3. The fraction of sp³-hybridized carbons (Fsp3) is 0.619. The van der Waals surface area contributed by atoms with Gasteiger partial charge in [-0.1, -0.05) is 18.9 Å². The summed E-state index contributed by atoms with van der Waals surface area (Å²) in [4.78, 5) is 39.2. The molecule has 1 unspecified atom stereocenters. The molecule has 0 aromatic heterocycles. The number of hydrogen-bond acceptors (Lipinski definition) is 9. The number of aliphatic hydroxyl groups excluding tert-OH is 1. The lowest BCUT2D eigenvalue weighted by Crippen LogP contribution is -2.39. The molecule has 2 amide bonds. The first kappa shape index (κ1) is 25.1. The number of nitrogens with zero attached hydrogens (tertiary/aromatic N) is 2.